The van der Waals surface area contributed by atoms with Crippen molar-refractivity contribution in [2.45, 2.75) is 6.42 Å². The third-order valence-electron chi connectivity index (χ3n) is 2.36. The molecule has 0 aromatic heterocycles. The van der Waals surface area contributed by atoms with Crippen molar-refractivity contribution in [1.29, 1.82) is 0 Å². The Morgan fingerprint density at radius 1 is 1.40 bits per heavy atom. The Hall–Kier alpha value is -0.260. The van der Waals surface area contributed by atoms with Gasteiger partial charge in [-0.15, -0.1) is 0 Å². The molecule has 0 aromatic carbocycles. The summed E-state index contributed by atoms with van der Waals surface area (Å²) in [5.74, 6) is 2.18. The predicted molar refractivity (Wildman–Crippen MR) is 63.3 cm³/mol. The Kier molecular flexibility index (Phi) is 6.80. The van der Waals surface area contributed by atoms with E-state index in [0.29, 0.717) is 12.3 Å². The highest BCUT2D eigenvalue weighted by atomic mass is 32.2. The second-order valence-electron chi connectivity index (χ2n) is 3.49. The molecule has 0 radical (unpaired) electrons. The van der Waals surface area contributed by atoms with E-state index in [0.717, 1.165) is 44.3 Å². The molecule has 1 N–H and O–H groups in total. The lowest BCUT2D eigenvalue weighted by molar-refractivity contribution is -0.131. The molecule has 0 atom stereocenters. The number of ether oxygens (including phenoxy) is 1. The minimum atomic E-state index is 0.293. The number of piperazine rings is 1. The number of carbonyl (C=O) groups is 1. The second kappa shape index (κ2) is 7.96. The van der Waals surface area contributed by atoms with Gasteiger partial charge >= 0.3 is 0 Å². The van der Waals surface area contributed by atoms with Crippen molar-refractivity contribution in [3.05, 3.63) is 0 Å². The van der Waals surface area contributed by atoms with Crippen LogP contribution in [0.2, 0.25) is 0 Å². The van der Waals surface area contributed by atoms with Crippen molar-refractivity contribution in [3.63, 3.8) is 0 Å². The van der Waals surface area contributed by atoms with E-state index in [9.17, 15) is 4.79 Å². The molecule has 0 aromatic rings. The van der Waals surface area contributed by atoms with Gasteiger partial charge in [0.05, 0.1) is 6.61 Å². The number of hydrogen-bond donors (Lipinski definition) is 1. The molecule has 4 nitrogen and oxygen atoms in total. The van der Waals surface area contributed by atoms with Crippen LogP contribution >= 0.6 is 11.8 Å². The molecule has 5 heteroatoms. The average molecular weight is 232 g/mol. The van der Waals surface area contributed by atoms with Gasteiger partial charge in [-0.05, 0) is 0 Å². The fourth-order valence-electron chi connectivity index (χ4n) is 1.48. The van der Waals surface area contributed by atoms with Crippen LogP contribution in [-0.4, -0.2) is 62.2 Å². The molecule has 1 heterocycles. The van der Waals surface area contributed by atoms with Crippen LogP contribution in [0.3, 0.4) is 0 Å². The van der Waals surface area contributed by atoms with Crippen LogP contribution in [0.4, 0.5) is 0 Å². The Labute approximate surface area is 95.7 Å². The van der Waals surface area contributed by atoms with E-state index in [2.05, 4.69) is 5.32 Å². The van der Waals surface area contributed by atoms with Crippen molar-refractivity contribution in [2.24, 2.45) is 0 Å². The maximum Gasteiger partial charge on any atom is 0.223 e. The van der Waals surface area contributed by atoms with Crippen molar-refractivity contribution in [1.82, 2.24) is 10.2 Å². The first-order valence-electron chi connectivity index (χ1n) is 5.40. The molecule has 0 saturated carbocycles. The van der Waals surface area contributed by atoms with Crippen LogP contribution in [0.1, 0.15) is 6.42 Å². The fourth-order valence-corrected chi connectivity index (χ4v) is 2.28. The second-order valence-corrected chi connectivity index (χ2v) is 4.71. The summed E-state index contributed by atoms with van der Waals surface area (Å²) in [6.45, 7) is 4.36. The van der Waals surface area contributed by atoms with E-state index in [-0.39, 0.29) is 0 Å². The van der Waals surface area contributed by atoms with Crippen LogP contribution in [-0.2, 0) is 9.53 Å². The molecular weight excluding hydrogens is 212 g/mol. The third-order valence-corrected chi connectivity index (χ3v) is 3.31. The molecule has 15 heavy (non-hydrogen) atoms. The Morgan fingerprint density at radius 2 is 2.13 bits per heavy atom. The third kappa shape index (κ3) is 5.39. The van der Waals surface area contributed by atoms with Crippen molar-refractivity contribution < 1.29 is 9.53 Å². The normalized spacial score (nSPS) is 16.7. The minimum Gasteiger partial charge on any atom is -0.384 e. The molecule has 1 amide bonds. The van der Waals surface area contributed by atoms with Gasteiger partial charge in [0, 0.05) is 51.2 Å². The molecule has 1 rings (SSSR count). The number of rotatable bonds is 6. The largest absolute Gasteiger partial charge is 0.384 e. The lowest BCUT2D eigenvalue weighted by atomic mass is 10.3. The lowest BCUT2D eigenvalue weighted by Gasteiger charge is -2.27. The molecular formula is C10H20N2O2S. The molecule has 0 bridgehead atoms. The van der Waals surface area contributed by atoms with Gasteiger partial charge in [0.15, 0.2) is 0 Å². The molecule has 1 fully saturated rings. The highest BCUT2D eigenvalue weighted by molar-refractivity contribution is 7.99. The van der Waals surface area contributed by atoms with Gasteiger partial charge in [-0.2, -0.15) is 11.8 Å². The monoisotopic (exact) mass is 232 g/mol. The molecule has 1 saturated heterocycles. The molecule has 1 aliphatic rings. The van der Waals surface area contributed by atoms with E-state index in [1.807, 2.05) is 4.90 Å². The number of nitrogens with zero attached hydrogens (tertiary/aromatic N) is 1. The van der Waals surface area contributed by atoms with Gasteiger partial charge in [-0.25, -0.2) is 0 Å². The standard InChI is InChI=1S/C10H20N2O2S/c1-14-7-9-15-8-2-10(13)12-5-3-11-4-6-12/h11H,2-9H2,1H3. The van der Waals surface area contributed by atoms with Crippen molar-refractivity contribution in [2.75, 3.05) is 51.4 Å². The van der Waals surface area contributed by atoms with Crippen LogP contribution in [0.15, 0.2) is 0 Å². The summed E-state index contributed by atoms with van der Waals surface area (Å²) in [7, 11) is 1.70. The highest BCUT2D eigenvalue weighted by Crippen LogP contribution is 2.05. The number of nitrogens with one attached hydrogen (secondary N) is 1. The maximum atomic E-state index is 11.7. The summed E-state index contributed by atoms with van der Waals surface area (Å²) in [4.78, 5) is 13.6. The minimum absolute atomic E-state index is 0.293. The van der Waals surface area contributed by atoms with Gasteiger partial charge in [0.25, 0.3) is 0 Å². The van der Waals surface area contributed by atoms with Crippen molar-refractivity contribution in [3.8, 4) is 0 Å². The zero-order valence-electron chi connectivity index (χ0n) is 9.33. The van der Waals surface area contributed by atoms with E-state index in [4.69, 9.17) is 4.74 Å². The van der Waals surface area contributed by atoms with E-state index < -0.39 is 0 Å². The van der Waals surface area contributed by atoms with Crippen molar-refractivity contribution >= 4 is 17.7 Å². The predicted octanol–water partition coefficient (Wildman–Crippen LogP) is 0.188. The summed E-state index contributed by atoms with van der Waals surface area (Å²) in [6.07, 6.45) is 0.661. The van der Waals surface area contributed by atoms with Gasteiger partial charge in [-0.3, -0.25) is 4.79 Å². The average Bonchev–Trinajstić information content (AvgIpc) is 2.30. The van der Waals surface area contributed by atoms with E-state index in [1.54, 1.807) is 18.9 Å². The molecule has 0 aliphatic carbocycles. The SMILES string of the molecule is COCCSCCC(=O)N1CCNCC1. The Balaban J connectivity index is 2.02. The smallest absolute Gasteiger partial charge is 0.223 e. The first-order valence-corrected chi connectivity index (χ1v) is 6.55. The Morgan fingerprint density at radius 3 is 2.80 bits per heavy atom. The van der Waals surface area contributed by atoms with Crippen LogP contribution in [0.25, 0.3) is 0 Å². The zero-order valence-corrected chi connectivity index (χ0v) is 10.1. The lowest BCUT2D eigenvalue weighted by Crippen LogP contribution is -2.46. The van der Waals surface area contributed by atoms with Gasteiger partial charge in [0.2, 0.25) is 5.91 Å². The summed E-state index contributed by atoms with van der Waals surface area (Å²) < 4.78 is 4.94. The quantitative estimate of drug-likeness (QED) is 0.664. The van der Waals surface area contributed by atoms with Crippen LogP contribution in [0, 0.1) is 0 Å². The van der Waals surface area contributed by atoms with E-state index >= 15 is 0 Å². The Bertz CT molecular complexity index is 184. The number of amides is 1. The zero-order chi connectivity index (χ0) is 10.9. The van der Waals surface area contributed by atoms with Crippen LogP contribution in [0.5, 0.6) is 0 Å². The maximum absolute atomic E-state index is 11.7. The van der Waals surface area contributed by atoms with Gasteiger partial charge < -0.3 is 15.0 Å². The first kappa shape index (κ1) is 12.8. The summed E-state index contributed by atoms with van der Waals surface area (Å²) in [6, 6.07) is 0. The molecule has 0 unspecified atom stereocenters. The fraction of sp³-hybridized carbons (Fsp3) is 0.900. The summed E-state index contributed by atoms with van der Waals surface area (Å²) in [5, 5.41) is 3.24. The summed E-state index contributed by atoms with van der Waals surface area (Å²) >= 11 is 1.78. The van der Waals surface area contributed by atoms with Gasteiger partial charge in [0.1, 0.15) is 0 Å². The molecule has 88 valence electrons. The van der Waals surface area contributed by atoms with E-state index in [1.165, 1.54) is 0 Å². The highest BCUT2D eigenvalue weighted by Gasteiger charge is 2.15. The molecule has 0 spiro atoms. The first-order chi connectivity index (χ1) is 7.34. The van der Waals surface area contributed by atoms with Crippen LogP contribution < -0.4 is 5.32 Å². The van der Waals surface area contributed by atoms with Gasteiger partial charge in [-0.1, -0.05) is 0 Å². The number of hydrogen-bond acceptors (Lipinski definition) is 4. The number of methoxy groups -OCH3 is 1. The number of thioether (sulfide) groups is 1. The summed E-state index contributed by atoms with van der Waals surface area (Å²) in [5.41, 5.74) is 0. The molecule has 1 aliphatic heterocycles. The topological polar surface area (TPSA) is 41.6 Å². The number of carbonyl (C=O) groups excluding carboxylic acids is 1.